The summed E-state index contributed by atoms with van der Waals surface area (Å²) >= 11 is 0. The van der Waals surface area contributed by atoms with Gasteiger partial charge in [0, 0.05) is 0 Å². The van der Waals surface area contributed by atoms with E-state index in [9.17, 15) is 9.59 Å². The zero-order valence-electron chi connectivity index (χ0n) is 12.2. The normalized spacial score (nSPS) is 9.91. The summed E-state index contributed by atoms with van der Waals surface area (Å²) < 4.78 is 10.7. The average molecular weight is 300 g/mol. The first-order valence-electron chi connectivity index (χ1n) is 6.16. The maximum atomic E-state index is 11.7. The smallest absolute Gasteiger partial charge is 0.337 e. The number of benzene rings is 1. The predicted molar refractivity (Wildman–Crippen MR) is 73.5 cm³/mol. The number of nitriles is 1. The highest BCUT2D eigenvalue weighted by Crippen LogP contribution is 2.18. The molecule has 0 saturated carbocycles. The Labute approximate surface area is 125 Å². The van der Waals surface area contributed by atoms with Crippen LogP contribution in [0, 0.1) is 18.3 Å². The summed E-state index contributed by atoms with van der Waals surface area (Å²) in [4.78, 5) is 23.5. The van der Waals surface area contributed by atoms with Gasteiger partial charge in [0.25, 0.3) is 0 Å². The van der Waals surface area contributed by atoms with Gasteiger partial charge >= 0.3 is 11.9 Å². The van der Waals surface area contributed by atoms with E-state index in [4.69, 9.17) is 5.26 Å². The molecule has 0 aliphatic heterocycles. The van der Waals surface area contributed by atoms with E-state index in [1.807, 2.05) is 6.07 Å². The molecule has 0 bridgehead atoms. The fraction of sp³-hybridized carbons (Fsp3) is 0.214. The van der Waals surface area contributed by atoms with Crippen LogP contribution in [0.2, 0.25) is 0 Å². The third-order valence-corrected chi connectivity index (χ3v) is 3.01. The molecule has 112 valence electrons. The van der Waals surface area contributed by atoms with Crippen LogP contribution in [0.5, 0.6) is 0 Å². The average Bonchev–Trinajstić information content (AvgIpc) is 2.93. The molecule has 22 heavy (non-hydrogen) atoms. The van der Waals surface area contributed by atoms with E-state index in [-0.39, 0.29) is 16.8 Å². The van der Waals surface area contributed by atoms with Crippen LogP contribution in [0.25, 0.3) is 5.69 Å². The minimum atomic E-state index is -0.606. The molecule has 0 fully saturated rings. The molecule has 2 rings (SSSR count). The van der Waals surface area contributed by atoms with Gasteiger partial charge in [-0.15, -0.1) is 5.10 Å². The van der Waals surface area contributed by atoms with Gasteiger partial charge in [-0.05, 0) is 25.1 Å². The first-order chi connectivity index (χ1) is 10.5. The summed E-state index contributed by atoms with van der Waals surface area (Å²) in [5.74, 6) is -1.21. The summed E-state index contributed by atoms with van der Waals surface area (Å²) in [7, 11) is 2.47. The van der Waals surface area contributed by atoms with Crippen molar-refractivity contribution >= 4 is 11.9 Å². The summed E-state index contributed by atoms with van der Waals surface area (Å²) in [6.07, 6.45) is 0. The minimum absolute atomic E-state index is 0.156. The second-order valence-electron chi connectivity index (χ2n) is 4.30. The van der Waals surface area contributed by atoms with Crippen molar-refractivity contribution in [3.8, 4) is 11.8 Å². The topological polar surface area (TPSA) is 107 Å². The number of ether oxygens (including phenoxy) is 2. The van der Waals surface area contributed by atoms with Crippen molar-refractivity contribution in [2.75, 3.05) is 14.2 Å². The van der Waals surface area contributed by atoms with Crippen molar-refractivity contribution in [3.05, 3.63) is 40.7 Å². The summed E-state index contributed by atoms with van der Waals surface area (Å²) in [6, 6.07) is 6.24. The second kappa shape index (κ2) is 6.05. The summed E-state index contributed by atoms with van der Waals surface area (Å²) in [6.45, 7) is 1.65. The number of methoxy groups -OCH3 is 2. The quantitative estimate of drug-likeness (QED) is 0.779. The van der Waals surface area contributed by atoms with Gasteiger partial charge in [-0.1, -0.05) is 5.21 Å². The monoisotopic (exact) mass is 300 g/mol. The molecule has 8 heteroatoms. The summed E-state index contributed by atoms with van der Waals surface area (Å²) in [5.41, 5.74) is 1.36. The third kappa shape index (κ3) is 2.64. The Bertz CT molecular complexity index is 754. The van der Waals surface area contributed by atoms with Crippen LogP contribution >= 0.6 is 0 Å². The molecule has 0 N–H and O–H groups in total. The predicted octanol–water partition coefficient (Wildman–Crippen LogP) is 1.02. The van der Waals surface area contributed by atoms with Crippen LogP contribution in [-0.2, 0) is 9.47 Å². The Hall–Kier alpha value is -3.21. The standard InChI is InChI=1S/C14H12N4O4/c1-8-12(7-15)16-17-18(8)11-5-9(13(19)21-2)4-10(6-11)14(20)22-3/h4-6H,1-3H3. The van der Waals surface area contributed by atoms with Gasteiger partial charge in [0.05, 0.1) is 36.7 Å². The number of nitrogens with zero attached hydrogens (tertiary/aromatic N) is 4. The Kier molecular flexibility index (Phi) is 4.18. The van der Waals surface area contributed by atoms with Crippen LogP contribution in [0.4, 0.5) is 0 Å². The molecule has 0 aliphatic carbocycles. The van der Waals surface area contributed by atoms with Gasteiger partial charge in [0.2, 0.25) is 0 Å². The summed E-state index contributed by atoms with van der Waals surface area (Å²) in [5, 5.41) is 16.5. The number of carbonyl (C=O) groups is 2. The Morgan fingerprint density at radius 2 is 1.68 bits per heavy atom. The zero-order valence-corrected chi connectivity index (χ0v) is 12.2. The lowest BCUT2D eigenvalue weighted by molar-refractivity contribution is 0.0599. The van der Waals surface area contributed by atoms with E-state index in [1.54, 1.807) is 6.92 Å². The van der Waals surface area contributed by atoms with Crippen molar-refractivity contribution < 1.29 is 19.1 Å². The molecule has 0 spiro atoms. The molecular weight excluding hydrogens is 288 g/mol. The Morgan fingerprint density at radius 1 is 1.14 bits per heavy atom. The van der Waals surface area contributed by atoms with Crippen molar-refractivity contribution in [2.45, 2.75) is 6.92 Å². The maximum absolute atomic E-state index is 11.7. The number of hydrogen-bond acceptors (Lipinski definition) is 7. The molecule has 0 saturated heterocycles. The minimum Gasteiger partial charge on any atom is -0.465 e. The fourth-order valence-corrected chi connectivity index (χ4v) is 1.88. The highest BCUT2D eigenvalue weighted by molar-refractivity contribution is 5.96. The van der Waals surface area contributed by atoms with E-state index in [2.05, 4.69) is 19.8 Å². The van der Waals surface area contributed by atoms with E-state index < -0.39 is 11.9 Å². The van der Waals surface area contributed by atoms with Gasteiger partial charge in [0.1, 0.15) is 6.07 Å². The van der Waals surface area contributed by atoms with Crippen molar-refractivity contribution in [1.82, 2.24) is 15.0 Å². The fourth-order valence-electron chi connectivity index (χ4n) is 1.88. The lowest BCUT2D eigenvalue weighted by Gasteiger charge is -2.08. The number of hydrogen-bond donors (Lipinski definition) is 0. The number of rotatable bonds is 3. The third-order valence-electron chi connectivity index (χ3n) is 3.01. The van der Waals surface area contributed by atoms with Gasteiger partial charge in [-0.25, -0.2) is 14.3 Å². The Morgan fingerprint density at radius 3 is 2.09 bits per heavy atom. The lowest BCUT2D eigenvalue weighted by Crippen LogP contribution is -2.10. The van der Waals surface area contributed by atoms with Gasteiger partial charge in [-0.3, -0.25) is 0 Å². The molecular formula is C14H12N4O4. The molecule has 0 amide bonds. The molecule has 1 aromatic carbocycles. The van der Waals surface area contributed by atoms with E-state index in [1.165, 1.54) is 37.1 Å². The SMILES string of the molecule is COC(=O)c1cc(C(=O)OC)cc(-n2nnc(C#N)c2C)c1. The molecule has 1 aromatic heterocycles. The lowest BCUT2D eigenvalue weighted by atomic mass is 10.1. The second-order valence-corrected chi connectivity index (χ2v) is 4.30. The number of carbonyl (C=O) groups excluding carboxylic acids is 2. The Balaban J connectivity index is 2.64. The van der Waals surface area contributed by atoms with E-state index in [0.717, 1.165) is 0 Å². The number of aromatic nitrogens is 3. The largest absolute Gasteiger partial charge is 0.465 e. The van der Waals surface area contributed by atoms with E-state index in [0.29, 0.717) is 11.4 Å². The van der Waals surface area contributed by atoms with Crippen molar-refractivity contribution in [1.29, 1.82) is 5.26 Å². The van der Waals surface area contributed by atoms with Gasteiger partial charge in [-0.2, -0.15) is 5.26 Å². The van der Waals surface area contributed by atoms with Gasteiger partial charge in [0.15, 0.2) is 5.69 Å². The van der Waals surface area contributed by atoms with Crippen LogP contribution in [0.3, 0.4) is 0 Å². The highest BCUT2D eigenvalue weighted by atomic mass is 16.5. The first kappa shape index (κ1) is 15.2. The number of esters is 2. The van der Waals surface area contributed by atoms with Crippen LogP contribution in [0.15, 0.2) is 18.2 Å². The van der Waals surface area contributed by atoms with Crippen molar-refractivity contribution in [2.24, 2.45) is 0 Å². The van der Waals surface area contributed by atoms with E-state index >= 15 is 0 Å². The molecule has 8 nitrogen and oxygen atoms in total. The molecule has 2 aromatic rings. The first-order valence-corrected chi connectivity index (χ1v) is 6.16. The molecule has 0 atom stereocenters. The van der Waals surface area contributed by atoms with Crippen LogP contribution in [-0.4, -0.2) is 41.2 Å². The van der Waals surface area contributed by atoms with Crippen LogP contribution in [0.1, 0.15) is 32.1 Å². The molecule has 1 heterocycles. The molecule has 0 aliphatic rings. The zero-order chi connectivity index (χ0) is 16.3. The van der Waals surface area contributed by atoms with Crippen LogP contribution < -0.4 is 0 Å². The van der Waals surface area contributed by atoms with Gasteiger partial charge < -0.3 is 9.47 Å². The highest BCUT2D eigenvalue weighted by Gasteiger charge is 2.17. The molecule has 0 radical (unpaired) electrons. The van der Waals surface area contributed by atoms with Crippen molar-refractivity contribution in [3.63, 3.8) is 0 Å². The maximum Gasteiger partial charge on any atom is 0.337 e. The molecule has 0 unspecified atom stereocenters.